The van der Waals surface area contributed by atoms with Gasteiger partial charge < -0.3 is 5.32 Å². The van der Waals surface area contributed by atoms with Crippen molar-refractivity contribution in [3.05, 3.63) is 11.1 Å². The summed E-state index contributed by atoms with van der Waals surface area (Å²) in [6, 6.07) is 0.796. The van der Waals surface area contributed by atoms with Crippen LogP contribution in [0.1, 0.15) is 43.9 Å². The summed E-state index contributed by atoms with van der Waals surface area (Å²) in [6.07, 6.45) is 8.72. The van der Waals surface area contributed by atoms with Gasteiger partial charge in [0.1, 0.15) is 0 Å². The van der Waals surface area contributed by atoms with Gasteiger partial charge in [0.25, 0.3) is 0 Å². The van der Waals surface area contributed by atoms with E-state index in [-0.39, 0.29) is 0 Å². The lowest BCUT2D eigenvalue weighted by Crippen LogP contribution is -2.28. The maximum absolute atomic E-state index is 4.41. The highest BCUT2D eigenvalue weighted by Gasteiger charge is 2.19. The van der Waals surface area contributed by atoms with E-state index >= 15 is 0 Å². The Kier molecular flexibility index (Phi) is 4.80. The smallest absolute Gasteiger partial charge is 0.182 e. The average molecular weight is 253 g/mol. The van der Waals surface area contributed by atoms with E-state index in [1.165, 1.54) is 30.6 Å². The molecule has 1 heterocycles. The lowest BCUT2D eigenvalue weighted by molar-refractivity contribution is 0.239. The molecule has 0 atom stereocenters. The Balaban J connectivity index is 1.83. The lowest BCUT2D eigenvalue weighted by atomic mass is 10.2. The molecule has 1 aromatic heterocycles. The summed E-state index contributed by atoms with van der Waals surface area (Å²) in [5.74, 6) is 0. The maximum Gasteiger partial charge on any atom is 0.182 e. The molecule has 96 valence electrons. The molecule has 0 bridgehead atoms. The van der Waals surface area contributed by atoms with E-state index in [2.05, 4.69) is 29.2 Å². The minimum atomic E-state index is 0.796. The van der Waals surface area contributed by atoms with Crippen molar-refractivity contribution in [2.45, 2.75) is 51.6 Å². The molecule has 1 aliphatic carbocycles. The first-order valence-electron chi connectivity index (χ1n) is 6.68. The Morgan fingerprint density at radius 3 is 2.94 bits per heavy atom. The second kappa shape index (κ2) is 6.36. The van der Waals surface area contributed by atoms with Crippen molar-refractivity contribution in [3.63, 3.8) is 0 Å². The SMILES string of the molecule is CCCNc1ncc(CN(C)C2CCCC2)s1. The molecule has 0 amide bonds. The van der Waals surface area contributed by atoms with Crippen molar-refractivity contribution in [2.24, 2.45) is 0 Å². The van der Waals surface area contributed by atoms with Crippen LogP contribution in [-0.4, -0.2) is 29.5 Å². The van der Waals surface area contributed by atoms with Gasteiger partial charge >= 0.3 is 0 Å². The van der Waals surface area contributed by atoms with Gasteiger partial charge in [-0.15, -0.1) is 11.3 Å². The fraction of sp³-hybridized carbons (Fsp3) is 0.769. The van der Waals surface area contributed by atoms with E-state index in [0.717, 1.165) is 30.7 Å². The van der Waals surface area contributed by atoms with Gasteiger partial charge in [0, 0.05) is 30.2 Å². The summed E-state index contributed by atoms with van der Waals surface area (Å²) in [7, 11) is 2.24. The fourth-order valence-corrected chi connectivity index (χ4v) is 3.32. The third-order valence-electron chi connectivity index (χ3n) is 3.43. The van der Waals surface area contributed by atoms with Crippen LogP contribution in [0.4, 0.5) is 5.13 Å². The molecule has 0 radical (unpaired) electrons. The minimum Gasteiger partial charge on any atom is -0.362 e. The summed E-state index contributed by atoms with van der Waals surface area (Å²) >= 11 is 1.80. The maximum atomic E-state index is 4.41. The van der Waals surface area contributed by atoms with Crippen molar-refractivity contribution < 1.29 is 0 Å². The Morgan fingerprint density at radius 2 is 2.24 bits per heavy atom. The van der Waals surface area contributed by atoms with Crippen molar-refractivity contribution in [2.75, 3.05) is 18.9 Å². The third kappa shape index (κ3) is 3.68. The zero-order chi connectivity index (χ0) is 12.1. The van der Waals surface area contributed by atoms with Gasteiger partial charge in [-0.05, 0) is 26.3 Å². The van der Waals surface area contributed by atoms with Crippen LogP contribution in [0, 0.1) is 0 Å². The third-order valence-corrected chi connectivity index (χ3v) is 4.37. The highest BCUT2D eigenvalue weighted by atomic mass is 32.1. The molecule has 2 rings (SSSR count). The highest BCUT2D eigenvalue weighted by molar-refractivity contribution is 7.15. The molecule has 0 unspecified atom stereocenters. The van der Waals surface area contributed by atoms with E-state index in [0.29, 0.717) is 0 Å². The molecular weight excluding hydrogens is 230 g/mol. The van der Waals surface area contributed by atoms with E-state index in [1.54, 1.807) is 11.3 Å². The molecule has 1 fully saturated rings. The topological polar surface area (TPSA) is 28.2 Å². The van der Waals surface area contributed by atoms with Crippen LogP contribution >= 0.6 is 11.3 Å². The van der Waals surface area contributed by atoms with Crippen molar-refractivity contribution in [3.8, 4) is 0 Å². The molecule has 1 aliphatic rings. The van der Waals surface area contributed by atoms with Crippen LogP contribution in [0.5, 0.6) is 0 Å². The van der Waals surface area contributed by atoms with E-state index in [4.69, 9.17) is 0 Å². The second-order valence-corrected chi connectivity index (χ2v) is 6.03. The summed E-state index contributed by atoms with van der Waals surface area (Å²) in [6.45, 7) is 4.25. The zero-order valence-electron chi connectivity index (χ0n) is 10.9. The predicted octanol–water partition coefficient (Wildman–Crippen LogP) is 3.34. The van der Waals surface area contributed by atoms with Crippen LogP contribution < -0.4 is 5.32 Å². The number of hydrogen-bond donors (Lipinski definition) is 1. The van der Waals surface area contributed by atoms with Gasteiger partial charge in [0.2, 0.25) is 0 Å². The van der Waals surface area contributed by atoms with Crippen LogP contribution in [0.25, 0.3) is 0 Å². The van der Waals surface area contributed by atoms with Gasteiger partial charge in [0.05, 0.1) is 0 Å². The van der Waals surface area contributed by atoms with Crippen molar-refractivity contribution in [1.82, 2.24) is 9.88 Å². The molecule has 3 nitrogen and oxygen atoms in total. The standard InChI is InChI=1S/C13H23N3S/c1-3-8-14-13-15-9-12(17-13)10-16(2)11-6-4-5-7-11/h9,11H,3-8,10H2,1-2H3,(H,14,15). The summed E-state index contributed by atoms with van der Waals surface area (Å²) in [5, 5.41) is 4.42. The number of rotatable bonds is 6. The number of aromatic nitrogens is 1. The van der Waals surface area contributed by atoms with Crippen molar-refractivity contribution in [1.29, 1.82) is 0 Å². The summed E-state index contributed by atoms with van der Waals surface area (Å²) < 4.78 is 0. The highest BCUT2D eigenvalue weighted by Crippen LogP contribution is 2.25. The number of nitrogens with zero attached hydrogens (tertiary/aromatic N) is 2. The monoisotopic (exact) mass is 253 g/mol. The number of thiazole rings is 1. The molecule has 1 saturated carbocycles. The van der Waals surface area contributed by atoms with Crippen LogP contribution in [0.15, 0.2) is 6.20 Å². The lowest BCUT2D eigenvalue weighted by Gasteiger charge is -2.22. The number of nitrogens with one attached hydrogen (secondary N) is 1. The van der Waals surface area contributed by atoms with Gasteiger partial charge in [-0.25, -0.2) is 4.98 Å². The Morgan fingerprint density at radius 1 is 1.47 bits per heavy atom. The van der Waals surface area contributed by atoms with Crippen LogP contribution in [0.2, 0.25) is 0 Å². The molecule has 0 aromatic carbocycles. The van der Waals surface area contributed by atoms with Crippen LogP contribution in [0.3, 0.4) is 0 Å². The first-order chi connectivity index (χ1) is 8.29. The first-order valence-corrected chi connectivity index (χ1v) is 7.50. The molecule has 1 N–H and O–H groups in total. The van der Waals surface area contributed by atoms with E-state index in [9.17, 15) is 0 Å². The van der Waals surface area contributed by atoms with E-state index in [1.807, 2.05) is 6.20 Å². The minimum absolute atomic E-state index is 0.796. The normalized spacial score (nSPS) is 16.9. The molecule has 17 heavy (non-hydrogen) atoms. The average Bonchev–Trinajstić information content (AvgIpc) is 2.97. The molecule has 0 spiro atoms. The molecule has 0 saturated heterocycles. The quantitative estimate of drug-likeness (QED) is 0.843. The zero-order valence-corrected chi connectivity index (χ0v) is 11.7. The Bertz CT molecular complexity index is 331. The Hall–Kier alpha value is -0.610. The second-order valence-electron chi connectivity index (χ2n) is 4.91. The number of anilines is 1. The van der Waals surface area contributed by atoms with Gasteiger partial charge in [-0.1, -0.05) is 19.8 Å². The first kappa shape index (κ1) is 12.8. The molecule has 0 aliphatic heterocycles. The summed E-state index contributed by atoms with van der Waals surface area (Å²) in [5.41, 5.74) is 0. The van der Waals surface area contributed by atoms with Crippen molar-refractivity contribution >= 4 is 16.5 Å². The van der Waals surface area contributed by atoms with Gasteiger partial charge in [-0.3, -0.25) is 4.90 Å². The number of hydrogen-bond acceptors (Lipinski definition) is 4. The van der Waals surface area contributed by atoms with Crippen LogP contribution in [-0.2, 0) is 6.54 Å². The van der Waals surface area contributed by atoms with E-state index < -0.39 is 0 Å². The summed E-state index contributed by atoms with van der Waals surface area (Å²) in [4.78, 5) is 8.28. The van der Waals surface area contributed by atoms with Gasteiger partial charge in [-0.2, -0.15) is 0 Å². The largest absolute Gasteiger partial charge is 0.362 e. The molecule has 1 aromatic rings. The Labute approximate surface area is 108 Å². The molecular formula is C13H23N3S. The molecule has 4 heteroatoms. The predicted molar refractivity (Wildman–Crippen MR) is 74.6 cm³/mol. The fourth-order valence-electron chi connectivity index (χ4n) is 2.41. The van der Waals surface area contributed by atoms with Gasteiger partial charge in [0.15, 0.2) is 5.13 Å².